The van der Waals surface area contributed by atoms with Gasteiger partial charge in [0.25, 0.3) is 0 Å². The largest absolute Gasteiger partial charge is 0.325 e. The van der Waals surface area contributed by atoms with Crippen LogP contribution in [0.25, 0.3) is 10.8 Å². The lowest BCUT2D eigenvalue weighted by Crippen LogP contribution is -2.14. The minimum Gasteiger partial charge on any atom is -0.325 e. The first-order valence-electron chi connectivity index (χ1n) is 9.13. The molecule has 0 spiro atoms. The number of nitrogens with one attached hydrogen (secondary N) is 1. The van der Waals surface area contributed by atoms with E-state index in [2.05, 4.69) is 45.8 Å². The molecular formula is C22H19ClN4OS. The van der Waals surface area contributed by atoms with Gasteiger partial charge in [-0.25, -0.2) is 0 Å². The van der Waals surface area contributed by atoms with Crippen molar-refractivity contribution in [3.05, 3.63) is 83.1 Å². The molecule has 0 aliphatic rings. The van der Waals surface area contributed by atoms with E-state index >= 15 is 0 Å². The summed E-state index contributed by atoms with van der Waals surface area (Å²) < 4.78 is 1.94. The van der Waals surface area contributed by atoms with Crippen LogP contribution < -0.4 is 5.32 Å². The van der Waals surface area contributed by atoms with Gasteiger partial charge in [0, 0.05) is 24.2 Å². The topological polar surface area (TPSA) is 59.8 Å². The zero-order valence-electron chi connectivity index (χ0n) is 15.8. The third-order valence-electron chi connectivity index (χ3n) is 4.59. The van der Waals surface area contributed by atoms with Gasteiger partial charge < -0.3 is 9.88 Å². The average Bonchev–Trinajstić information content (AvgIpc) is 3.06. The predicted molar refractivity (Wildman–Crippen MR) is 119 cm³/mol. The van der Waals surface area contributed by atoms with Gasteiger partial charge in [-0.1, -0.05) is 71.9 Å². The molecule has 0 aliphatic heterocycles. The van der Waals surface area contributed by atoms with Crippen molar-refractivity contribution in [3.63, 3.8) is 0 Å². The number of rotatable bonds is 6. The predicted octanol–water partition coefficient (Wildman–Crippen LogP) is 4.94. The molecule has 1 N–H and O–H groups in total. The van der Waals surface area contributed by atoms with Crippen LogP contribution in [0.3, 0.4) is 0 Å². The van der Waals surface area contributed by atoms with Crippen LogP contribution in [0.15, 0.2) is 71.9 Å². The number of carbonyl (C=O) groups is 1. The van der Waals surface area contributed by atoms with Crippen LogP contribution >= 0.6 is 23.4 Å². The second-order valence-electron chi connectivity index (χ2n) is 6.62. The van der Waals surface area contributed by atoms with Gasteiger partial charge in [0.2, 0.25) is 5.91 Å². The van der Waals surface area contributed by atoms with Gasteiger partial charge in [-0.05, 0) is 34.5 Å². The summed E-state index contributed by atoms with van der Waals surface area (Å²) in [6.45, 7) is 0. The van der Waals surface area contributed by atoms with Crippen LogP contribution in [0, 0.1) is 0 Å². The van der Waals surface area contributed by atoms with Crippen LogP contribution in [-0.4, -0.2) is 26.4 Å². The van der Waals surface area contributed by atoms with Gasteiger partial charge in [-0.3, -0.25) is 4.79 Å². The third kappa shape index (κ3) is 4.60. The highest BCUT2D eigenvalue weighted by atomic mass is 35.5. The van der Waals surface area contributed by atoms with E-state index in [-0.39, 0.29) is 11.7 Å². The standard InChI is InChI=1S/C22H19ClN4OS/c1-27-20(12-16-8-4-7-15-6-2-3-11-19(15)16)25-26-22(27)29-14-21(28)24-18-10-5-9-17(23)13-18/h2-11,13H,12,14H2,1H3,(H,24,28). The Morgan fingerprint density at radius 1 is 1.07 bits per heavy atom. The first-order chi connectivity index (χ1) is 14.1. The molecular weight excluding hydrogens is 404 g/mol. The Bertz CT molecular complexity index is 1170. The molecule has 4 rings (SSSR count). The molecule has 3 aromatic carbocycles. The number of fused-ring (bicyclic) bond motifs is 1. The molecule has 0 bridgehead atoms. The van der Waals surface area contributed by atoms with Crippen molar-refractivity contribution < 1.29 is 4.79 Å². The molecule has 29 heavy (non-hydrogen) atoms. The number of anilines is 1. The fourth-order valence-corrected chi connectivity index (χ4v) is 4.06. The van der Waals surface area contributed by atoms with E-state index < -0.39 is 0 Å². The number of benzene rings is 3. The number of aromatic nitrogens is 3. The molecule has 0 radical (unpaired) electrons. The molecule has 0 atom stereocenters. The van der Waals surface area contributed by atoms with Gasteiger partial charge >= 0.3 is 0 Å². The first-order valence-corrected chi connectivity index (χ1v) is 10.5. The Morgan fingerprint density at radius 2 is 1.86 bits per heavy atom. The molecule has 5 nitrogen and oxygen atoms in total. The molecule has 1 heterocycles. The molecule has 0 saturated heterocycles. The number of thioether (sulfide) groups is 1. The zero-order valence-corrected chi connectivity index (χ0v) is 17.4. The number of hydrogen-bond donors (Lipinski definition) is 1. The lowest BCUT2D eigenvalue weighted by molar-refractivity contribution is -0.113. The second kappa shape index (κ2) is 8.68. The summed E-state index contributed by atoms with van der Waals surface area (Å²) in [6.07, 6.45) is 0.681. The van der Waals surface area contributed by atoms with Crippen molar-refractivity contribution in [2.45, 2.75) is 11.6 Å². The third-order valence-corrected chi connectivity index (χ3v) is 5.85. The van der Waals surface area contributed by atoms with Crippen LogP contribution in [0.5, 0.6) is 0 Å². The summed E-state index contributed by atoms with van der Waals surface area (Å²) in [6, 6.07) is 21.7. The van der Waals surface area contributed by atoms with E-state index in [1.165, 1.54) is 28.1 Å². The number of carbonyl (C=O) groups excluding carboxylic acids is 1. The minimum absolute atomic E-state index is 0.115. The van der Waals surface area contributed by atoms with E-state index in [9.17, 15) is 4.79 Å². The maximum atomic E-state index is 12.2. The van der Waals surface area contributed by atoms with Crippen molar-refractivity contribution >= 4 is 45.7 Å². The Balaban J connectivity index is 1.42. The Labute approximate surface area is 178 Å². The number of hydrogen-bond acceptors (Lipinski definition) is 4. The van der Waals surface area contributed by atoms with Gasteiger partial charge in [-0.15, -0.1) is 10.2 Å². The normalized spacial score (nSPS) is 11.0. The maximum absolute atomic E-state index is 12.2. The van der Waals surface area contributed by atoms with Crippen LogP contribution in [0.2, 0.25) is 5.02 Å². The monoisotopic (exact) mass is 422 g/mol. The number of halogens is 1. The Morgan fingerprint density at radius 3 is 2.72 bits per heavy atom. The van der Waals surface area contributed by atoms with Gasteiger partial charge in [-0.2, -0.15) is 0 Å². The molecule has 0 saturated carbocycles. The summed E-state index contributed by atoms with van der Waals surface area (Å²) in [7, 11) is 1.93. The highest BCUT2D eigenvalue weighted by Crippen LogP contribution is 2.23. The van der Waals surface area contributed by atoms with Crippen molar-refractivity contribution in [3.8, 4) is 0 Å². The first kappa shape index (κ1) is 19.5. The quantitative estimate of drug-likeness (QED) is 0.447. The number of nitrogens with zero attached hydrogens (tertiary/aromatic N) is 3. The van der Waals surface area contributed by atoms with Crippen LogP contribution in [-0.2, 0) is 18.3 Å². The molecule has 0 unspecified atom stereocenters. The van der Waals surface area contributed by atoms with Crippen molar-refractivity contribution in [2.75, 3.05) is 11.1 Å². The summed E-state index contributed by atoms with van der Waals surface area (Å²) in [5.41, 5.74) is 1.88. The van der Waals surface area contributed by atoms with Crippen LogP contribution in [0.1, 0.15) is 11.4 Å². The molecule has 1 aromatic heterocycles. The SMILES string of the molecule is Cn1c(Cc2cccc3ccccc23)nnc1SCC(=O)Nc1cccc(Cl)c1. The summed E-state index contributed by atoms with van der Waals surface area (Å²) in [5, 5.41) is 15.2. The summed E-state index contributed by atoms with van der Waals surface area (Å²) >= 11 is 7.31. The smallest absolute Gasteiger partial charge is 0.234 e. The molecule has 0 aliphatic carbocycles. The lowest BCUT2D eigenvalue weighted by atomic mass is 10.0. The van der Waals surface area contributed by atoms with Crippen molar-refractivity contribution in [1.29, 1.82) is 0 Å². The molecule has 1 amide bonds. The Kier molecular flexibility index (Phi) is 5.83. The summed E-state index contributed by atoms with van der Waals surface area (Å²) in [5.74, 6) is 0.988. The molecule has 7 heteroatoms. The molecule has 0 fully saturated rings. The fourth-order valence-electron chi connectivity index (χ4n) is 3.14. The number of amides is 1. The molecule has 146 valence electrons. The van der Waals surface area contributed by atoms with Gasteiger partial charge in [0.15, 0.2) is 5.16 Å². The van der Waals surface area contributed by atoms with Crippen molar-refractivity contribution in [1.82, 2.24) is 14.8 Å². The highest BCUT2D eigenvalue weighted by Gasteiger charge is 2.13. The summed E-state index contributed by atoms with van der Waals surface area (Å²) in [4.78, 5) is 12.2. The van der Waals surface area contributed by atoms with Gasteiger partial charge in [0.05, 0.1) is 5.75 Å². The molecule has 4 aromatic rings. The van der Waals surface area contributed by atoms with E-state index in [1.807, 2.05) is 23.7 Å². The second-order valence-corrected chi connectivity index (χ2v) is 8.00. The van der Waals surface area contributed by atoms with E-state index in [4.69, 9.17) is 11.6 Å². The van der Waals surface area contributed by atoms with Gasteiger partial charge in [0.1, 0.15) is 5.82 Å². The maximum Gasteiger partial charge on any atom is 0.234 e. The average molecular weight is 423 g/mol. The minimum atomic E-state index is -0.115. The Hall–Kier alpha value is -2.83. The van der Waals surface area contributed by atoms with E-state index in [0.717, 1.165) is 5.82 Å². The van der Waals surface area contributed by atoms with E-state index in [1.54, 1.807) is 24.3 Å². The van der Waals surface area contributed by atoms with Crippen molar-refractivity contribution in [2.24, 2.45) is 7.05 Å². The lowest BCUT2D eigenvalue weighted by Gasteiger charge is -2.07. The van der Waals surface area contributed by atoms with E-state index in [0.29, 0.717) is 22.3 Å². The zero-order chi connectivity index (χ0) is 20.2. The fraction of sp³-hybridized carbons (Fsp3) is 0.136. The van der Waals surface area contributed by atoms with Crippen LogP contribution in [0.4, 0.5) is 5.69 Å². The highest BCUT2D eigenvalue weighted by molar-refractivity contribution is 7.99.